The van der Waals surface area contributed by atoms with Gasteiger partial charge in [-0.25, -0.2) is 0 Å². The lowest BCUT2D eigenvalue weighted by Crippen LogP contribution is -1.97. The van der Waals surface area contributed by atoms with Gasteiger partial charge in [0.05, 0.1) is 0 Å². The maximum absolute atomic E-state index is 10.6. The predicted octanol–water partition coefficient (Wildman–Crippen LogP) is 8.65. The molecule has 0 aliphatic carbocycles. The summed E-state index contributed by atoms with van der Waals surface area (Å²) in [5.41, 5.74) is 0. The molecule has 0 heterocycles. The Kier molecular flexibility index (Phi) is 23.1. The van der Waals surface area contributed by atoms with Gasteiger partial charge in [-0.05, 0) is 51.4 Å². The van der Waals surface area contributed by atoms with Crippen molar-refractivity contribution in [1.29, 1.82) is 0 Å². The number of hydrogen-bond acceptors (Lipinski definition) is 2. The number of hydrogen-bond donors (Lipinski definition) is 0. The second-order valence-electron chi connectivity index (χ2n) is 7.68. The Morgan fingerprint density at radius 1 is 0.552 bits per heavy atom. The van der Waals surface area contributed by atoms with Gasteiger partial charge in [-0.2, -0.15) is 0 Å². The highest BCUT2D eigenvalue weighted by Gasteiger charge is 1.90. The molecule has 166 valence electrons. The Bertz CT molecular complexity index is 457. The van der Waals surface area contributed by atoms with Gasteiger partial charge in [-0.15, -0.1) is 0 Å². The number of unbranched alkanes of at least 4 members (excludes halogenated alkanes) is 11. The highest BCUT2D eigenvalue weighted by atomic mass is 16.5. The fraction of sp³-hybridized carbons (Fsp3) is 0.667. The fourth-order valence-corrected chi connectivity index (χ4v) is 3.03. The maximum atomic E-state index is 10.6. The van der Waals surface area contributed by atoms with Crippen LogP contribution in [0.25, 0.3) is 0 Å². The Morgan fingerprint density at radius 3 is 1.38 bits per heavy atom. The lowest BCUT2D eigenvalue weighted by molar-refractivity contribution is -0.139. The SMILES string of the molecule is CCCCCCCCCC/C=C/CC/C=C/CC/C=C/CC/C=C/COC(C)=O. The van der Waals surface area contributed by atoms with E-state index >= 15 is 0 Å². The molecule has 0 aromatic heterocycles. The maximum Gasteiger partial charge on any atom is 0.302 e. The highest BCUT2D eigenvalue weighted by Crippen LogP contribution is 2.10. The molecular formula is C27H46O2. The summed E-state index contributed by atoms with van der Waals surface area (Å²) in [6.07, 6.45) is 36.9. The van der Waals surface area contributed by atoms with E-state index in [9.17, 15) is 4.79 Å². The number of carbonyl (C=O) groups excluding carboxylic acids is 1. The van der Waals surface area contributed by atoms with Crippen LogP contribution in [0.4, 0.5) is 0 Å². The summed E-state index contributed by atoms with van der Waals surface area (Å²) in [6.45, 7) is 4.10. The monoisotopic (exact) mass is 402 g/mol. The van der Waals surface area contributed by atoms with Gasteiger partial charge in [0.2, 0.25) is 0 Å². The molecule has 0 saturated heterocycles. The minimum absolute atomic E-state index is 0.225. The summed E-state index contributed by atoms with van der Waals surface area (Å²) in [5.74, 6) is -0.225. The van der Waals surface area contributed by atoms with Gasteiger partial charge < -0.3 is 4.74 Å². The Labute approximate surface area is 181 Å². The summed E-state index contributed by atoms with van der Waals surface area (Å²) in [4.78, 5) is 10.6. The predicted molar refractivity (Wildman–Crippen MR) is 128 cm³/mol. The Balaban J connectivity index is 3.31. The molecule has 0 bridgehead atoms. The molecule has 0 spiro atoms. The van der Waals surface area contributed by atoms with Gasteiger partial charge in [0.15, 0.2) is 0 Å². The van der Waals surface area contributed by atoms with E-state index in [4.69, 9.17) is 4.74 Å². The van der Waals surface area contributed by atoms with Gasteiger partial charge in [0.25, 0.3) is 0 Å². The summed E-state index contributed by atoms with van der Waals surface area (Å²) in [5, 5.41) is 0. The molecule has 0 aromatic carbocycles. The second kappa shape index (κ2) is 24.5. The first-order valence-corrected chi connectivity index (χ1v) is 12.0. The molecule has 0 N–H and O–H groups in total. The van der Waals surface area contributed by atoms with Gasteiger partial charge in [0.1, 0.15) is 6.61 Å². The molecule has 0 rings (SSSR count). The van der Waals surface area contributed by atoms with Crippen molar-refractivity contribution in [3.63, 3.8) is 0 Å². The van der Waals surface area contributed by atoms with E-state index in [2.05, 4.69) is 49.5 Å². The van der Waals surface area contributed by atoms with Crippen LogP contribution < -0.4 is 0 Å². The average molecular weight is 403 g/mol. The zero-order valence-electron chi connectivity index (χ0n) is 19.2. The summed E-state index contributed by atoms with van der Waals surface area (Å²) >= 11 is 0. The lowest BCUT2D eigenvalue weighted by Gasteiger charge is -1.99. The number of carbonyl (C=O) groups is 1. The smallest absolute Gasteiger partial charge is 0.302 e. The molecular weight excluding hydrogens is 356 g/mol. The average Bonchev–Trinajstić information content (AvgIpc) is 2.71. The molecule has 29 heavy (non-hydrogen) atoms. The number of allylic oxidation sites excluding steroid dienone is 7. The number of esters is 1. The van der Waals surface area contributed by atoms with Crippen molar-refractivity contribution in [3.8, 4) is 0 Å². The fourth-order valence-electron chi connectivity index (χ4n) is 3.03. The van der Waals surface area contributed by atoms with Gasteiger partial charge in [-0.3, -0.25) is 4.79 Å². The van der Waals surface area contributed by atoms with Crippen LogP contribution in [0.1, 0.15) is 110 Å². The molecule has 2 heteroatoms. The minimum atomic E-state index is -0.225. The highest BCUT2D eigenvalue weighted by molar-refractivity contribution is 5.65. The van der Waals surface area contributed by atoms with Gasteiger partial charge in [0, 0.05) is 6.92 Å². The summed E-state index contributed by atoms with van der Waals surface area (Å²) in [6, 6.07) is 0. The van der Waals surface area contributed by atoms with Crippen molar-refractivity contribution >= 4 is 5.97 Å². The van der Waals surface area contributed by atoms with Crippen LogP contribution in [0.5, 0.6) is 0 Å². The zero-order valence-corrected chi connectivity index (χ0v) is 19.2. The number of rotatable bonds is 20. The minimum Gasteiger partial charge on any atom is -0.462 e. The normalized spacial score (nSPS) is 12.2. The third-order valence-electron chi connectivity index (χ3n) is 4.77. The third-order valence-corrected chi connectivity index (χ3v) is 4.77. The Morgan fingerprint density at radius 2 is 0.931 bits per heavy atom. The molecule has 0 saturated carbocycles. The lowest BCUT2D eigenvalue weighted by atomic mass is 10.1. The van der Waals surface area contributed by atoms with E-state index in [1.165, 1.54) is 71.1 Å². The largest absolute Gasteiger partial charge is 0.462 e. The van der Waals surface area contributed by atoms with Gasteiger partial charge >= 0.3 is 5.97 Å². The quantitative estimate of drug-likeness (QED) is 0.116. The Hall–Kier alpha value is -1.57. The van der Waals surface area contributed by atoms with Crippen molar-refractivity contribution in [2.45, 2.75) is 110 Å². The van der Waals surface area contributed by atoms with Crippen molar-refractivity contribution < 1.29 is 9.53 Å². The van der Waals surface area contributed by atoms with E-state index in [-0.39, 0.29) is 5.97 Å². The van der Waals surface area contributed by atoms with E-state index < -0.39 is 0 Å². The van der Waals surface area contributed by atoms with Gasteiger partial charge in [-0.1, -0.05) is 100 Å². The molecule has 0 aromatic rings. The third kappa shape index (κ3) is 26.4. The van der Waals surface area contributed by atoms with Crippen LogP contribution in [0.3, 0.4) is 0 Å². The van der Waals surface area contributed by atoms with Crippen LogP contribution in [0, 0.1) is 0 Å². The van der Waals surface area contributed by atoms with E-state index in [0.717, 1.165) is 32.1 Å². The summed E-state index contributed by atoms with van der Waals surface area (Å²) in [7, 11) is 0. The zero-order chi connectivity index (χ0) is 21.3. The molecule has 0 radical (unpaired) electrons. The first-order chi connectivity index (χ1) is 14.3. The van der Waals surface area contributed by atoms with E-state index in [1.54, 1.807) is 0 Å². The number of ether oxygens (including phenoxy) is 1. The van der Waals surface area contributed by atoms with Crippen LogP contribution in [-0.2, 0) is 9.53 Å². The molecule has 0 fully saturated rings. The molecule has 0 amide bonds. The van der Waals surface area contributed by atoms with Crippen LogP contribution in [0.15, 0.2) is 48.6 Å². The molecule has 0 aliphatic heterocycles. The van der Waals surface area contributed by atoms with Crippen LogP contribution in [-0.4, -0.2) is 12.6 Å². The second-order valence-corrected chi connectivity index (χ2v) is 7.68. The van der Waals surface area contributed by atoms with Crippen LogP contribution in [0.2, 0.25) is 0 Å². The molecule has 0 atom stereocenters. The first kappa shape index (κ1) is 27.4. The molecule has 2 nitrogen and oxygen atoms in total. The summed E-state index contributed by atoms with van der Waals surface area (Å²) < 4.78 is 4.83. The first-order valence-electron chi connectivity index (χ1n) is 12.0. The molecule has 0 aliphatic rings. The van der Waals surface area contributed by atoms with Crippen molar-refractivity contribution in [2.75, 3.05) is 6.61 Å². The van der Waals surface area contributed by atoms with Crippen LogP contribution >= 0.6 is 0 Å². The topological polar surface area (TPSA) is 26.3 Å². The van der Waals surface area contributed by atoms with E-state index in [1.807, 2.05) is 6.08 Å². The van der Waals surface area contributed by atoms with Crippen molar-refractivity contribution in [3.05, 3.63) is 48.6 Å². The van der Waals surface area contributed by atoms with E-state index in [0.29, 0.717) is 6.61 Å². The van der Waals surface area contributed by atoms with Crippen molar-refractivity contribution in [1.82, 2.24) is 0 Å². The standard InChI is InChI=1S/C27H46O2/c1-3-4-5-6-7-8-9-10-11-12-13-14-15-16-17-18-19-20-21-22-23-24-25-26-29-27(2)28/h12-13,16-17,20-21,24-25H,3-11,14-15,18-19,22-23,26H2,1-2H3/b13-12+,17-16+,21-20+,25-24+. The van der Waals surface area contributed by atoms with Crippen molar-refractivity contribution in [2.24, 2.45) is 0 Å². The molecule has 0 unspecified atom stereocenters.